The number of anilines is 1. The molecule has 0 radical (unpaired) electrons. The first-order valence-electron chi connectivity index (χ1n) is 6.29. The largest absolute Gasteiger partial charge is 0.354 e. The van der Waals surface area contributed by atoms with E-state index in [-0.39, 0.29) is 12.0 Å². The van der Waals surface area contributed by atoms with Gasteiger partial charge in [0.15, 0.2) is 6.10 Å². The van der Waals surface area contributed by atoms with Gasteiger partial charge in [0.25, 0.3) is 5.91 Å². The normalized spacial score (nSPS) is 19.9. The molecule has 4 nitrogen and oxygen atoms in total. The number of nitrogens with zero attached hydrogens (tertiary/aromatic N) is 1. The predicted octanol–water partition coefficient (Wildman–Crippen LogP) is 2.64. The van der Waals surface area contributed by atoms with E-state index in [0.717, 1.165) is 11.3 Å². The van der Waals surface area contributed by atoms with Crippen LogP contribution in [0.1, 0.15) is 17.2 Å². The molecule has 0 aliphatic carbocycles. The average molecular weight is 264 g/mol. The van der Waals surface area contributed by atoms with Crippen molar-refractivity contribution in [3.63, 3.8) is 0 Å². The zero-order valence-corrected chi connectivity index (χ0v) is 10.6. The van der Waals surface area contributed by atoms with Gasteiger partial charge in [-0.2, -0.15) is 5.26 Å². The molecule has 2 unspecified atom stereocenters. The zero-order chi connectivity index (χ0) is 13.9. The van der Waals surface area contributed by atoms with E-state index in [1.165, 1.54) is 0 Å². The minimum atomic E-state index is -0.455. The second-order valence-corrected chi connectivity index (χ2v) is 4.57. The Labute approximate surface area is 116 Å². The van der Waals surface area contributed by atoms with Crippen LogP contribution in [-0.4, -0.2) is 12.0 Å². The Morgan fingerprint density at radius 3 is 2.45 bits per heavy atom. The molecule has 1 amide bonds. The molecular formula is C16H12N2O2. The molecule has 20 heavy (non-hydrogen) atoms. The third kappa shape index (κ3) is 2.53. The van der Waals surface area contributed by atoms with E-state index in [1.54, 1.807) is 12.1 Å². The van der Waals surface area contributed by atoms with E-state index in [0.29, 0.717) is 5.56 Å². The van der Waals surface area contributed by atoms with Crippen molar-refractivity contribution in [2.45, 2.75) is 12.2 Å². The zero-order valence-electron chi connectivity index (χ0n) is 10.6. The lowest BCUT2D eigenvalue weighted by Crippen LogP contribution is -2.18. The summed E-state index contributed by atoms with van der Waals surface area (Å²) in [7, 11) is 0. The van der Waals surface area contributed by atoms with Crippen molar-refractivity contribution in [3.8, 4) is 6.07 Å². The molecule has 1 aliphatic rings. The Hall–Kier alpha value is -2.64. The molecule has 0 aromatic heterocycles. The van der Waals surface area contributed by atoms with Crippen molar-refractivity contribution in [2.24, 2.45) is 0 Å². The van der Waals surface area contributed by atoms with E-state index >= 15 is 0 Å². The van der Waals surface area contributed by atoms with E-state index in [2.05, 4.69) is 11.4 Å². The number of ether oxygens (including phenoxy) is 1. The molecule has 0 spiro atoms. The third-order valence-corrected chi connectivity index (χ3v) is 3.16. The molecule has 4 heteroatoms. The van der Waals surface area contributed by atoms with Crippen LogP contribution < -0.4 is 5.32 Å². The number of epoxide rings is 1. The van der Waals surface area contributed by atoms with E-state index in [1.807, 2.05) is 42.5 Å². The number of hydrogen-bond donors (Lipinski definition) is 1. The Kier molecular flexibility index (Phi) is 3.20. The Morgan fingerprint density at radius 2 is 1.80 bits per heavy atom. The van der Waals surface area contributed by atoms with Crippen LogP contribution in [0, 0.1) is 11.3 Å². The summed E-state index contributed by atoms with van der Waals surface area (Å²) in [6.45, 7) is 0. The van der Waals surface area contributed by atoms with Crippen LogP contribution in [0.25, 0.3) is 0 Å². The van der Waals surface area contributed by atoms with Crippen LogP contribution in [0.15, 0.2) is 54.6 Å². The number of nitrogens with one attached hydrogen (secondary N) is 1. The molecule has 1 aliphatic heterocycles. The predicted molar refractivity (Wildman–Crippen MR) is 73.8 cm³/mol. The van der Waals surface area contributed by atoms with Gasteiger partial charge in [-0.05, 0) is 29.8 Å². The number of rotatable bonds is 3. The number of carbonyl (C=O) groups excluding carboxylic acids is 1. The fourth-order valence-electron chi connectivity index (χ4n) is 2.05. The smallest absolute Gasteiger partial charge is 0.256 e. The van der Waals surface area contributed by atoms with E-state index in [9.17, 15) is 4.79 Å². The average Bonchev–Trinajstić information content (AvgIpc) is 3.29. The molecule has 2 aromatic carbocycles. The fraction of sp³-hybridized carbons (Fsp3) is 0.125. The molecule has 2 aromatic rings. The first kappa shape index (κ1) is 12.4. The van der Waals surface area contributed by atoms with Crippen LogP contribution in [0.3, 0.4) is 0 Å². The molecule has 0 bridgehead atoms. The third-order valence-electron chi connectivity index (χ3n) is 3.16. The molecule has 1 fully saturated rings. The molecule has 1 heterocycles. The van der Waals surface area contributed by atoms with E-state index < -0.39 is 6.10 Å². The first-order valence-corrected chi connectivity index (χ1v) is 6.29. The number of benzene rings is 2. The summed E-state index contributed by atoms with van der Waals surface area (Å²) < 4.78 is 5.42. The monoisotopic (exact) mass is 264 g/mol. The highest BCUT2D eigenvalue weighted by Crippen LogP contribution is 2.39. The molecule has 1 saturated heterocycles. The molecule has 98 valence electrons. The molecule has 3 rings (SSSR count). The number of amides is 1. The van der Waals surface area contributed by atoms with Gasteiger partial charge in [-0.1, -0.05) is 30.3 Å². The summed E-state index contributed by atoms with van der Waals surface area (Å²) in [5.41, 5.74) is 2.27. The van der Waals surface area contributed by atoms with E-state index in [4.69, 9.17) is 10.00 Å². The van der Waals surface area contributed by atoms with Gasteiger partial charge >= 0.3 is 0 Å². The maximum atomic E-state index is 12.0. The van der Waals surface area contributed by atoms with Gasteiger partial charge in [-0.15, -0.1) is 0 Å². The van der Waals surface area contributed by atoms with Crippen molar-refractivity contribution >= 4 is 11.6 Å². The Bertz CT molecular complexity index is 659. The quantitative estimate of drug-likeness (QED) is 0.867. The highest BCUT2D eigenvalue weighted by atomic mass is 16.6. The maximum Gasteiger partial charge on any atom is 0.256 e. The number of para-hydroxylation sites is 1. The van der Waals surface area contributed by atoms with Crippen molar-refractivity contribution in [2.75, 3.05) is 5.32 Å². The summed E-state index contributed by atoms with van der Waals surface area (Å²) in [6, 6.07) is 18.4. The Morgan fingerprint density at radius 1 is 1.10 bits per heavy atom. The van der Waals surface area contributed by atoms with Crippen LogP contribution in [0.5, 0.6) is 0 Å². The maximum absolute atomic E-state index is 12.0. The summed E-state index contributed by atoms with van der Waals surface area (Å²) in [4.78, 5) is 12.0. The van der Waals surface area contributed by atoms with Crippen LogP contribution in [0.2, 0.25) is 0 Å². The second-order valence-electron chi connectivity index (χ2n) is 4.57. The highest BCUT2D eigenvalue weighted by molar-refractivity contribution is 5.96. The fourth-order valence-corrected chi connectivity index (χ4v) is 2.05. The van der Waals surface area contributed by atoms with Gasteiger partial charge in [0.05, 0.1) is 11.6 Å². The van der Waals surface area contributed by atoms with Crippen molar-refractivity contribution in [1.29, 1.82) is 5.26 Å². The van der Waals surface area contributed by atoms with Crippen LogP contribution in [-0.2, 0) is 9.53 Å². The van der Waals surface area contributed by atoms with Gasteiger partial charge in [0.2, 0.25) is 0 Å². The molecule has 2 atom stereocenters. The Balaban J connectivity index is 1.63. The molecular weight excluding hydrogens is 252 g/mol. The minimum absolute atomic E-state index is 0.148. The lowest BCUT2D eigenvalue weighted by molar-refractivity contribution is -0.117. The van der Waals surface area contributed by atoms with Crippen LogP contribution >= 0.6 is 0 Å². The van der Waals surface area contributed by atoms with Gasteiger partial charge in [-0.3, -0.25) is 4.79 Å². The summed E-state index contributed by atoms with van der Waals surface area (Å²) >= 11 is 0. The SMILES string of the molecule is N#Cc1ccc(C2OC2C(=O)Nc2ccccc2)cc1. The van der Waals surface area contributed by atoms with Crippen molar-refractivity contribution in [3.05, 3.63) is 65.7 Å². The summed E-state index contributed by atoms with van der Waals surface area (Å²) in [5.74, 6) is -0.148. The number of hydrogen-bond acceptors (Lipinski definition) is 3. The summed E-state index contributed by atoms with van der Waals surface area (Å²) in [5, 5.41) is 11.6. The summed E-state index contributed by atoms with van der Waals surface area (Å²) in [6.07, 6.45) is -0.672. The molecule has 1 N–H and O–H groups in total. The van der Waals surface area contributed by atoms with Gasteiger partial charge in [0.1, 0.15) is 6.10 Å². The standard InChI is InChI=1S/C16H12N2O2/c17-10-11-6-8-12(9-7-11)14-15(20-14)16(19)18-13-4-2-1-3-5-13/h1-9,14-15H,(H,18,19). The van der Waals surface area contributed by atoms with Crippen molar-refractivity contribution in [1.82, 2.24) is 0 Å². The lowest BCUT2D eigenvalue weighted by Gasteiger charge is -2.02. The van der Waals surface area contributed by atoms with Crippen molar-refractivity contribution < 1.29 is 9.53 Å². The van der Waals surface area contributed by atoms with Gasteiger partial charge < -0.3 is 10.1 Å². The number of nitriles is 1. The van der Waals surface area contributed by atoms with Gasteiger partial charge in [-0.25, -0.2) is 0 Å². The second kappa shape index (κ2) is 5.16. The first-order chi connectivity index (χ1) is 9.78. The molecule has 0 saturated carbocycles. The minimum Gasteiger partial charge on any atom is -0.354 e. The van der Waals surface area contributed by atoms with Gasteiger partial charge in [0, 0.05) is 5.69 Å². The lowest BCUT2D eigenvalue weighted by atomic mass is 10.1. The topological polar surface area (TPSA) is 65.4 Å². The van der Waals surface area contributed by atoms with Crippen LogP contribution in [0.4, 0.5) is 5.69 Å². The number of carbonyl (C=O) groups is 1. The highest BCUT2D eigenvalue weighted by Gasteiger charge is 2.46.